The van der Waals surface area contributed by atoms with Gasteiger partial charge in [-0.3, -0.25) is 9.59 Å². The van der Waals surface area contributed by atoms with Gasteiger partial charge in [0.2, 0.25) is 12.0 Å². The van der Waals surface area contributed by atoms with E-state index < -0.39 is 29.2 Å². The van der Waals surface area contributed by atoms with Crippen molar-refractivity contribution in [1.82, 2.24) is 5.32 Å². The van der Waals surface area contributed by atoms with Crippen molar-refractivity contribution in [2.45, 2.75) is 17.8 Å². The fourth-order valence-electron chi connectivity index (χ4n) is 2.55. The predicted molar refractivity (Wildman–Crippen MR) is 111 cm³/mol. The Hall–Kier alpha value is -3.66. The molecule has 1 saturated heterocycles. The molecule has 1 aliphatic heterocycles. The number of rotatable bonds is 8. The topological polar surface area (TPSA) is 138 Å². The molecule has 9 nitrogen and oxygen atoms in total. The van der Waals surface area contributed by atoms with Crippen LogP contribution in [0.5, 0.6) is 5.75 Å². The van der Waals surface area contributed by atoms with Gasteiger partial charge >= 0.3 is 11.9 Å². The zero-order valence-corrected chi connectivity index (χ0v) is 16.3. The van der Waals surface area contributed by atoms with Gasteiger partial charge in [-0.1, -0.05) is 42.1 Å². The van der Waals surface area contributed by atoms with Crippen LogP contribution in [0.15, 0.2) is 64.8 Å². The van der Waals surface area contributed by atoms with Gasteiger partial charge < -0.3 is 20.3 Å². The summed E-state index contributed by atoms with van der Waals surface area (Å²) < 4.78 is 5.59. The van der Waals surface area contributed by atoms with Crippen molar-refractivity contribution in [2.24, 2.45) is 10.2 Å². The number of nitrogens with one attached hydrogen (secondary N) is 1. The van der Waals surface area contributed by atoms with E-state index in [0.29, 0.717) is 16.9 Å². The second-order valence-electron chi connectivity index (χ2n) is 6.16. The summed E-state index contributed by atoms with van der Waals surface area (Å²) in [4.78, 5) is 33.9. The molecule has 0 radical (unpaired) electrons. The monoisotopic (exact) mass is 427 g/mol. The molecule has 0 spiro atoms. The van der Waals surface area contributed by atoms with Crippen LogP contribution in [0.2, 0.25) is 0 Å². The second kappa shape index (κ2) is 9.70. The lowest BCUT2D eigenvalue weighted by molar-refractivity contribution is -0.145. The van der Waals surface area contributed by atoms with Crippen LogP contribution >= 0.6 is 11.8 Å². The molecule has 0 saturated carbocycles. The molecule has 10 heteroatoms. The highest BCUT2D eigenvalue weighted by Gasteiger charge is 2.32. The molecule has 3 rings (SSSR count). The Bertz CT molecular complexity index is 991. The number of carbonyl (C=O) groups excluding carboxylic acids is 1. The van der Waals surface area contributed by atoms with Crippen LogP contribution in [0, 0.1) is 0 Å². The first-order chi connectivity index (χ1) is 14.4. The van der Waals surface area contributed by atoms with Crippen molar-refractivity contribution >= 4 is 41.0 Å². The number of carboxylic acids is 2. The summed E-state index contributed by atoms with van der Waals surface area (Å²) in [5.74, 6) is -2.19. The molecule has 1 amide bonds. The highest BCUT2D eigenvalue weighted by molar-refractivity contribution is 8.15. The zero-order valence-electron chi connectivity index (χ0n) is 15.5. The number of amides is 1. The Morgan fingerprint density at radius 1 is 1.13 bits per heavy atom. The van der Waals surface area contributed by atoms with Gasteiger partial charge in [0.25, 0.3) is 0 Å². The summed E-state index contributed by atoms with van der Waals surface area (Å²) in [5.41, 5.74) is 1.21. The summed E-state index contributed by atoms with van der Waals surface area (Å²) >= 11 is 1.01. The standard InChI is InChI=1S/C20H17N3O6S/c24-16(25)10-15-18(26)22-20(30-15)23-21-11-12-6-8-14(9-7-12)29-17(19(27)28)13-4-2-1-3-5-13/h1-9,11,15,17H,10H2,(H,24,25)(H,27,28)(H,22,23,26). The van der Waals surface area contributed by atoms with E-state index in [1.807, 2.05) is 0 Å². The number of hydrogen-bond donors (Lipinski definition) is 3. The molecule has 3 N–H and O–H groups in total. The Kier molecular flexibility index (Phi) is 6.81. The highest BCUT2D eigenvalue weighted by Crippen LogP contribution is 2.23. The van der Waals surface area contributed by atoms with Crippen LogP contribution in [-0.4, -0.2) is 44.7 Å². The van der Waals surface area contributed by atoms with Gasteiger partial charge in [-0.25, -0.2) is 4.79 Å². The normalized spacial score (nSPS) is 18.3. The molecule has 0 aliphatic carbocycles. The minimum absolute atomic E-state index is 0.231. The third kappa shape index (κ3) is 5.67. The van der Waals surface area contributed by atoms with E-state index >= 15 is 0 Å². The molecule has 0 aromatic heterocycles. The van der Waals surface area contributed by atoms with Crippen molar-refractivity contribution in [1.29, 1.82) is 0 Å². The zero-order chi connectivity index (χ0) is 21.5. The molecule has 1 heterocycles. The van der Waals surface area contributed by atoms with E-state index in [0.717, 1.165) is 11.8 Å². The Balaban J connectivity index is 1.61. The lowest BCUT2D eigenvalue weighted by Crippen LogP contribution is -2.26. The van der Waals surface area contributed by atoms with Crippen molar-refractivity contribution in [3.05, 3.63) is 65.7 Å². The van der Waals surface area contributed by atoms with Gasteiger partial charge in [-0.2, -0.15) is 5.10 Å². The van der Waals surface area contributed by atoms with Gasteiger partial charge in [0.1, 0.15) is 11.0 Å². The molecule has 154 valence electrons. The second-order valence-corrected chi connectivity index (χ2v) is 7.35. The fraction of sp³-hybridized carbons (Fsp3) is 0.150. The minimum Gasteiger partial charge on any atom is -0.481 e. The van der Waals surface area contributed by atoms with Crippen molar-refractivity contribution in [3.8, 4) is 5.75 Å². The average Bonchev–Trinajstić information content (AvgIpc) is 3.06. The fourth-order valence-corrected chi connectivity index (χ4v) is 3.47. The van der Waals surface area contributed by atoms with Gasteiger partial charge in [0.05, 0.1) is 12.6 Å². The Labute approximate surface area is 175 Å². The molecular weight excluding hydrogens is 410 g/mol. The predicted octanol–water partition coefficient (Wildman–Crippen LogP) is 2.29. The largest absolute Gasteiger partial charge is 0.481 e. The number of nitrogens with zero attached hydrogens (tertiary/aromatic N) is 2. The third-order valence-corrected chi connectivity index (χ3v) is 5.02. The minimum atomic E-state index is -1.13. The van der Waals surface area contributed by atoms with E-state index in [1.165, 1.54) is 6.21 Å². The number of carboxylic acid groups (broad SMARTS) is 2. The molecule has 2 aromatic carbocycles. The summed E-state index contributed by atoms with van der Waals surface area (Å²) in [6.07, 6.45) is 0.0276. The average molecular weight is 427 g/mol. The first-order valence-electron chi connectivity index (χ1n) is 8.77. The summed E-state index contributed by atoms with van der Waals surface area (Å²) in [5, 5.41) is 27.9. The lowest BCUT2D eigenvalue weighted by Gasteiger charge is -2.15. The molecule has 30 heavy (non-hydrogen) atoms. The van der Waals surface area contributed by atoms with E-state index in [9.17, 15) is 19.5 Å². The Morgan fingerprint density at radius 2 is 1.83 bits per heavy atom. The number of thioether (sulfide) groups is 1. The highest BCUT2D eigenvalue weighted by atomic mass is 32.2. The molecule has 2 atom stereocenters. The number of carbonyl (C=O) groups is 3. The van der Waals surface area contributed by atoms with Crippen molar-refractivity contribution in [2.75, 3.05) is 0 Å². The van der Waals surface area contributed by atoms with E-state index in [1.54, 1.807) is 54.6 Å². The van der Waals surface area contributed by atoms with Crippen LogP contribution in [0.1, 0.15) is 23.7 Å². The summed E-state index contributed by atoms with van der Waals surface area (Å²) in [6, 6.07) is 15.2. The maximum atomic E-state index is 11.6. The summed E-state index contributed by atoms with van der Waals surface area (Å²) in [7, 11) is 0. The number of ether oxygens (including phenoxy) is 1. The van der Waals surface area contributed by atoms with E-state index in [2.05, 4.69) is 15.5 Å². The van der Waals surface area contributed by atoms with Crippen molar-refractivity contribution < 1.29 is 29.3 Å². The molecule has 1 fully saturated rings. The maximum absolute atomic E-state index is 11.6. The van der Waals surface area contributed by atoms with Crippen LogP contribution in [0.25, 0.3) is 0 Å². The lowest BCUT2D eigenvalue weighted by atomic mass is 10.1. The van der Waals surface area contributed by atoms with Gasteiger partial charge in [-0.15, -0.1) is 5.10 Å². The maximum Gasteiger partial charge on any atom is 0.349 e. The molecule has 1 aliphatic rings. The molecule has 0 bridgehead atoms. The smallest absolute Gasteiger partial charge is 0.349 e. The van der Waals surface area contributed by atoms with Crippen LogP contribution in [0.4, 0.5) is 0 Å². The molecule has 2 aromatic rings. The van der Waals surface area contributed by atoms with Crippen molar-refractivity contribution in [3.63, 3.8) is 0 Å². The van der Waals surface area contributed by atoms with E-state index in [-0.39, 0.29) is 11.6 Å². The molecular formula is C20H17N3O6S. The Morgan fingerprint density at radius 3 is 2.47 bits per heavy atom. The van der Waals surface area contributed by atoms with Crippen LogP contribution in [0.3, 0.4) is 0 Å². The number of amidine groups is 1. The first kappa shape index (κ1) is 21.1. The number of benzene rings is 2. The molecule has 2 unspecified atom stereocenters. The van der Waals surface area contributed by atoms with Gasteiger partial charge in [-0.05, 0) is 29.8 Å². The number of hydrogen-bond acceptors (Lipinski definition) is 7. The summed E-state index contributed by atoms with van der Waals surface area (Å²) in [6.45, 7) is 0. The third-order valence-electron chi connectivity index (χ3n) is 3.95. The number of aliphatic carboxylic acids is 2. The SMILES string of the molecule is O=C(O)CC1SC(=NN=Cc2ccc(OC(C(=O)O)c3ccccc3)cc2)NC1=O. The first-order valence-corrected chi connectivity index (χ1v) is 9.65. The quantitative estimate of drug-likeness (QED) is 0.434. The van der Waals surface area contributed by atoms with Crippen LogP contribution < -0.4 is 10.1 Å². The van der Waals surface area contributed by atoms with Gasteiger partial charge in [0.15, 0.2) is 5.17 Å². The van der Waals surface area contributed by atoms with E-state index in [4.69, 9.17) is 9.84 Å². The van der Waals surface area contributed by atoms with Crippen LogP contribution in [-0.2, 0) is 14.4 Å². The van der Waals surface area contributed by atoms with Gasteiger partial charge in [0, 0.05) is 5.56 Å².